The minimum Gasteiger partial charge on any atom is -0.347 e. The van der Waals surface area contributed by atoms with E-state index in [1.807, 2.05) is 20.8 Å². The first-order chi connectivity index (χ1) is 8.45. The van der Waals surface area contributed by atoms with Gasteiger partial charge in [-0.3, -0.25) is 4.79 Å². The Kier molecular flexibility index (Phi) is 3.43. The molecule has 1 fully saturated rings. The molecule has 18 heavy (non-hydrogen) atoms. The Morgan fingerprint density at radius 2 is 2.17 bits per heavy atom. The van der Waals surface area contributed by atoms with Crippen LogP contribution in [0.3, 0.4) is 0 Å². The van der Waals surface area contributed by atoms with E-state index in [1.54, 1.807) is 17.0 Å². The normalized spacial score (nSPS) is 16.4. The Hall–Kier alpha value is -1.36. The van der Waals surface area contributed by atoms with Gasteiger partial charge in [0.25, 0.3) is 5.56 Å². The molecule has 0 radical (unpaired) electrons. The van der Waals surface area contributed by atoms with Gasteiger partial charge in [-0.2, -0.15) is 0 Å². The summed E-state index contributed by atoms with van der Waals surface area (Å²) in [6.07, 6.45) is 3.48. The van der Waals surface area contributed by atoms with E-state index in [2.05, 4.69) is 22.1 Å². The van der Waals surface area contributed by atoms with E-state index in [-0.39, 0.29) is 11.1 Å². The molecule has 0 atom stereocenters. The van der Waals surface area contributed by atoms with Gasteiger partial charge in [0.2, 0.25) is 0 Å². The van der Waals surface area contributed by atoms with Crippen LogP contribution >= 0.6 is 0 Å². The van der Waals surface area contributed by atoms with Gasteiger partial charge in [-0.25, -0.2) is 4.98 Å². The average molecular weight is 250 g/mol. The molecule has 0 bridgehead atoms. The smallest absolute Gasteiger partial charge is 0.293 e. The Bertz CT molecular complexity index is 471. The molecule has 100 valence electrons. The van der Waals surface area contributed by atoms with E-state index >= 15 is 0 Å². The molecule has 2 heterocycles. The molecule has 2 rings (SSSR count). The molecule has 0 spiro atoms. The summed E-state index contributed by atoms with van der Waals surface area (Å²) in [5.41, 5.74) is -0.217. The highest BCUT2D eigenvalue weighted by molar-refractivity contribution is 5.38. The van der Waals surface area contributed by atoms with E-state index in [0.717, 1.165) is 19.6 Å². The van der Waals surface area contributed by atoms with Gasteiger partial charge in [-0.15, -0.1) is 0 Å². The molecule has 1 aliphatic rings. The lowest BCUT2D eigenvalue weighted by Crippen LogP contribution is -2.59. The summed E-state index contributed by atoms with van der Waals surface area (Å²) >= 11 is 0. The van der Waals surface area contributed by atoms with Crippen LogP contribution in [-0.4, -0.2) is 35.2 Å². The van der Waals surface area contributed by atoms with Gasteiger partial charge in [-0.05, 0) is 27.7 Å². The van der Waals surface area contributed by atoms with Crippen LogP contribution in [0, 0.1) is 0 Å². The quantitative estimate of drug-likeness (QED) is 0.862. The lowest BCUT2D eigenvalue weighted by molar-refractivity contribution is 0.376. The van der Waals surface area contributed by atoms with Gasteiger partial charge < -0.3 is 14.8 Å². The molecule has 5 heteroatoms. The van der Waals surface area contributed by atoms with Crippen LogP contribution in [0.4, 0.5) is 5.82 Å². The Morgan fingerprint density at radius 1 is 1.50 bits per heavy atom. The van der Waals surface area contributed by atoms with E-state index in [0.29, 0.717) is 11.9 Å². The zero-order valence-corrected chi connectivity index (χ0v) is 11.6. The zero-order valence-electron chi connectivity index (χ0n) is 11.6. The van der Waals surface area contributed by atoms with Crippen LogP contribution in [0.2, 0.25) is 0 Å². The topological polar surface area (TPSA) is 50.2 Å². The van der Waals surface area contributed by atoms with Crippen molar-refractivity contribution in [2.75, 3.05) is 24.5 Å². The Labute approximate surface area is 108 Å². The van der Waals surface area contributed by atoms with Crippen molar-refractivity contribution < 1.29 is 0 Å². The fourth-order valence-electron chi connectivity index (χ4n) is 2.20. The van der Waals surface area contributed by atoms with Gasteiger partial charge >= 0.3 is 0 Å². The number of nitrogens with one attached hydrogen (secondary N) is 1. The van der Waals surface area contributed by atoms with Crippen molar-refractivity contribution in [1.29, 1.82) is 0 Å². The Balaban J connectivity index is 2.41. The molecule has 1 N–H and O–H groups in total. The molecular formula is C13H22N4O. The molecule has 1 aliphatic heterocycles. The monoisotopic (exact) mass is 250 g/mol. The van der Waals surface area contributed by atoms with Gasteiger partial charge in [0.15, 0.2) is 5.82 Å². The predicted molar refractivity (Wildman–Crippen MR) is 73.2 cm³/mol. The van der Waals surface area contributed by atoms with Gasteiger partial charge in [0.1, 0.15) is 0 Å². The van der Waals surface area contributed by atoms with E-state index in [1.165, 1.54) is 0 Å². The van der Waals surface area contributed by atoms with Crippen molar-refractivity contribution in [3.63, 3.8) is 0 Å². The predicted octanol–water partition coefficient (Wildman–Crippen LogP) is 0.796. The van der Waals surface area contributed by atoms with Crippen LogP contribution in [0.15, 0.2) is 17.2 Å². The number of likely N-dealkylation sites (N-methyl/N-ethyl adjacent to an activating group) is 1. The number of anilines is 1. The first kappa shape index (κ1) is 13.1. The standard InChI is InChI=1S/C13H22N4O/c1-5-16(10-8-14-9-10)11-12(18)17(7-6-15-11)13(2,3)4/h6-7,10,14H,5,8-9H2,1-4H3. The molecule has 0 saturated carbocycles. The number of nitrogens with zero attached hydrogens (tertiary/aromatic N) is 3. The highest BCUT2D eigenvalue weighted by atomic mass is 16.1. The minimum atomic E-state index is -0.216. The molecule has 1 saturated heterocycles. The van der Waals surface area contributed by atoms with Crippen LogP contribution < -0.4 is 15.8 Å². The maximum Gasteiger partial charge on any atom is 0.293 e. The van der Waals surface area contributed by atoms with E-state index in [9.17, 15) is 4.79 Å². The lowest BCUT2D eigenvalue weighted by atomic mass is 10.1. The largest absolute Gasteiger partial charge is 0.347 e. The summed E-state index contributed by atoms with van der Waals surface area (Å²) in [6.45, 7) is 10.8. The number of hydrogen-bond acceptors (Lipinski definition) is 4. The second-order valence-electron chi connectivity index (χ2n) is 5.69. The second kappa shape index (κ2) is 4.72. The third kappa shape index (κ3) is 2.27. The first-order valence-corrected chi connectivity index (χ1v) is 6.50. The second-order valence-corrected chi connectivity index (χ2v) is 5.69. The van der Waals surface area contributed by atoms with Crippen molar-refractivity contribution in [3.05, 3.63) is 22.7 Å². The van der Waals surface area contributed by atoms with Crippen LogP contribution in [0.25, 0.3) is 0 Å². The Morgan fingerprint density at radius 3 is 2.61 bits per heavy atom. The summed E-state index contributed by atoms with van der Waals surface area (Å²) in [7, 11) is 0. The molecule has 1 aromatic heterocycles. The average Bonchev–Trinajstić information content (AvgIpc) is 2.22. The molecule has 5 nitrogen and oxygen atoms in total. The van der Waals surface area contributed by atoms with Gasteiger partial charge in [0.05, 0.1) is 6.04 Å². The zero-order chi connectivity index (χ0) is 13.3. The van der Waals surface area contributed by atoms with E-state index in [4.69, 9.17) is 0 Å². The van der Waals surface area contributed by atoms with Gasteiger partial charge in [-0.1, -0.05) is 0 Å². The number of rotatable bonds is 3. The van der Waals surface area contributed by atoms with Crippen molar-refractivity contribution in [3.8, 4) is 0 Å². The molecule has 0 amide bonds. The summed E-state index contributed by atoms with van der Waals surface area (Å²) in [4.78, 5) is 18.9. The van der Waals surface area contributed by atoms with Crippen molar-refractivity contribution in [1.82, 2.24) is 14.9 Å². The van der Waals surface area contributed by atoms with Crippen LogP contribution in [-0.2, 0) is 5.54 Å². The van der Waals surface area contributed by atoms with Crippen LogP contribution in [0.1, 0.15) is 27.7 Å². The molecule has 0 aliphatic carbocycles. The summed E-state index contributed by atoms with van der Waals surface area (Å²) < 4.78 is 1.75. The SMILES string of the molecule is CCN(c1nccn(C(C)(C)C)c1=O)C1CNC1. The van der Waals surface area contributed by atoms with Crippen molar-refractivity contribution in [2.45, 2.75) is 39.3 Å². The minimum absolute atomic E-state index is 0.00116. The number of aromatic nitrogens is 2. The van der Waals surface area contributed by atoms with Crippen molar-refractivity contribution in [2.24, 2.45) is 0 Å². The molecular weight excluding hydrogens is 228 g/mol. The fraction of sp³-hybridized carbons (Fsp3) is 0.692. The third-order valence-electron chi connectivity index (χ3n) is 3.36. The van der Waals surface area contributed by atoms with Crippen molar-refractivity contribution >= 4 is 5.82 Å². The number of hydrogen-bond donors (Lipinski definition) is 1. The summed E-state index contributed by atoms with van der Waals surface area (Å²) in [6, 6.07) is 0.394. The van der Waals surface area contributed by atoms with Crippen LogP contribution in [0.5, 0.6) is 0 Å². The maximum atomic E-state index is 12.5. The third-order valence-corrected chi connectivity index (χ3v) is 3.36. The van der Waals surface area contributed by atoms with Gasteiger partial charge in [0, 0.05) is 37.6 Å². The summed E-state index contributed by atoms with van der Waals surface area (Å²) in [5.74, 6) is 0.571. The van der Waals surface area contributed by atoms with E-state index < -0.39 is 0 Å². The molecule has 1 aromatic rings. The maximum absolute atomic E-state index is 12.5. The molecule has 0 aromatic carbocycles. The molecule has 0 unspecified atom stereocenters. The summed E-state index contributed by atoms with van der Waals surface area (Å²) in [5, 5.41) is 3.23. The fourth-order valence-corrected chi connectivity index (χ4v) is 2.20. The first-order valence-electron chi connectivity index (χ1n) is 6.50. The highest BCUT2D eigenvalue weighted by Gasteiger charge is 2.27. The lowest BCUT2D eigenvalue weighted by Gasteiger charge is -2.38. The highest BCUT2D eigenvalue weighted by Crippen LogP contribution is 2.15.